The minimum atomic E-state index is -0.590. The quantitative estimate of drug-likeness (QED) is 0.594. The van der Waals surface area contributed by atoms with E-state index in [0.29, 0.717) is 6.54 Å². The fourth-order valence-electron chi connectivity index (χ4n) is 1.62. The van der Waals surface area contributed by atoms with Crippen molar-refractivity contribution in [1.82, 2.24) is 10.2 Å². The first-order valence-electron chi connectivity index (χ1n) is 4.41. The fourth-order valence-corrected chi connectivity index (χ4v) is 1.62. The highest BCUT2D eigenvalue weighted by atomic mass is 16.3. The molecular weight excluding hydrogens is 140 g/mol. The van der Waals surface area contributed by atoms with E-state index >= 15 is 0 Å². The van der Waals surface area contributed by atoms with E-state index in [-0.39, 0.29) is 0 Å². The van der Waals surface area contributed by atoms with Crippen molar-refractivity contribution in [3.05, 3.63) is 0 Å². The van der Waals surface area contributed by atoms with Gasteiger partial charge in [0.05, 0.1) is 0 Å². The number of β-amino-alcohol motifs (C(OH)–C–C–N with tert-alkyl or cyclic N) is 1. The predicted molar refractivity (Wildman–Crippen MR) is 45.4 cm³/mol. The van der Waals surface area contributed by atoms with Crippen LogP contribution in [0.5, 0.6) is 0 Å². The molecule has 1 aliphatic rings. The van der Waals surface area contributed by atoms with E-state index in [1.165, 1.54) is 0 Å². The van der Waals surface area contributed by atoms with Crippen molar-refractivity contribution in [2.75, 3.05) is 26.2 Å². The van der Waals surface area contributed by atoms with Crippen LogP contribution in [0, 0.1) is 0 Å². The topological polar surface area (TPSA) is 35.5 Å². The second kappa shape index (κ2) is 3.52. The Labute approximate surface area is 68.4 Å². The van der Waals surface area contributed by atoms with Gasteiger partial charge in [-0.2, -0.15) is 0 Å². The minimum absolute atomic E-state index is 0.590. The molecule has 3 nitrogen and oxygen atoms in total. The summed E-state index contributed by atoms with van der Waals surface area (Å²) in [5.74, 6) is 0. The Balaban J connectivity index is 2.57. The zero-order chi connectivity index (χ0) is 8.32. The van der Waals surface area contributed by atoms with Gasteiger partial charge in [-0.3, -0.25) is 4.90 Å². The molecule has 66 valence electrons. The Morgan fingerprint density at radius 3 is 2.73 bits per heavy atom. The van der Waals surface area contributed by atoms with Gasteiger partial charge in [0.1, 0.15) is 5.72 Å². The van der Waals surface area contributed by atoms with E-state index in [1.54, 1.807) is 0 Å². The van der Waals surface area contributed by atoms with E-state index < -0.39 is 5.72 Å². The summed E-state index contributed by atoms with van der Waals surface area (Å²) in [4.78, 5) is 2.13. The molecule has 3 heteroatoms. The van der Waals surface area contributed by atoms with Crippen molar-refractivity contribution in [2.45, 2.75) is 26.0 Å². The molecule has 0 amide bonds. The zero-order valence-corrected chi connectivity index (χ0v) is 7.43. The lowest BCUT2D eigenvalue weighted by atomic mass is 10.1. The van der Waals surface area contributed by atoms with Gasteiger partial charge in [-0.05, 0) is 13.0 Å². The fraction of sp³-hybridized carbons (Fsp3) is 1.00. The van der Waals surface area contributed by atoms with Gasteiger partial charge in [0.2, 0.25) is 0 Å². The molecule has 0 aromatic carbocycles. The largest absolute Gasteiger partial charge is 0.374 e. The van der Waals surface area contributed by atoms with Crippen LogP contribution in [0.3, 0.4) is 0 Å². The molecule has 0 saturated carbocycles. The highest BCUT2D eigenvalue weighted by molar-refractivity contribution is 4.84. The molecule has 0 aromatic rings. The maximum Gasteiger partial charge on any atom is 0.130 e. The van der Waals surface area contributed by atoms with Crippen LogP contribution in [0.15, 0.2) is 0 Å². The van der Waals surface area contributed by atoms with Crippen molar-refractivity contribution in [3.63, 3.8) is 0 Å². The Hall–Kier alpha value is -0.120. The van der Waals surface area contributed by atoms with Crippen LogP contribution in [0.25, 0.3) is 0 Å². The molecule has 1 saturated heterocycles. The Morgan fingerprint density at radius 2 is 2.27 bits per heavy atom. The first-order valence-corrected chi connectivity index (χ1v) is 4.41. The molecule has 0 spiro atoms. The van der Waals surface area contributed by atoms with Gasteiger partial charge >= 0.3 is 0 Å². The van der Waals surface area contributed by atoms with Gasteiger partial charge in [-0.15, -0.1) is 0 Å². The van der Waals surface area contributed by atoms with Crippen LogP contribution in [-0.4, -0.2) is 41.9 Å². The Morgan fingerprint density at radius 1 is 1.55 bits per heavy atom. The van der Waals surface area contributed by atoms with Crippen molar-refractivity contribution in [1.29, 1.82) is 0 Å². The molecule has 1 unspecified atom stereocenters. The second-order valence-corrected chi connectivity index (χ2v) is 3.09. The SMILES string of the molecule is CCN1CCNCC1(O)CC. The molecule has 1 aliphatic heterocycles. The summed E-state index contributed by atoms with van der Waals surface area (Å²) in [6.45, 7) is 7.71. The number of aliphatic hydroxyl groups is 1. The number of hydrogen-bond acceptors (Lipinski definition) is 3. The van der Waals surface area contributed by atoms with Crippen molar-refractivity contribution >= 4 is 0 Å². The maximum atomic E-state index is 10.0. The first kappa shape index (κ1) is 8.97. The number of nitrogens with one attached hydrogen (secondary N) is 1. The molecule has 0 aliphatic carbocycles. The van der Waals surface area contributed by atoms with Gasteiger partial charge in [0, 0.05) is 19.6 Å². The predicted octanol–water partition coefficient (Wildman–Crippen LogP) is 0.0101. The smallest absolute Gasteiger partial charge is 0.130 e. The highest BCUT2D eigenvalue weighted by Gasteiger charge is 2.33. The van der Waals surface area contributed by atoms with Gasteiger partial charge < -0.3 is 10.4 Å². The lowest BCUT2D eigenvalue weighted by Crippen LogP contribution is -2.60. The van der Waals surface area contributed by atoms with Crippen molar-refractivity contribution in [3.8, 4) is 0 Å². The molecule has 0 bridgehead atoms. The third-order valence-electron chi connectivity index (χ3n) is 2.50. The summed E-state index contributed by atoms with van der Waals surface area (Å²) in [6.07, 6.45) is 0.799. The van der Waals surface area contributed by atoms with E-state index in [4.69, 9.17) is 0 Å². The molecule has 2 N–H and O–H groups in total. The van der Waals surface area contributed by atoms with E-state index in [2.05, 4.69) is 17.1 Å². The molecule has 11 heavy (non-hydrogen) atoms. The third-order valence-corrected chi connectivity index (χ3v) is 2.50. The number of hydrogen-bond donors (Lipinski definition) is 2. The number of rotatable bonds is 2. The standard InChI is InChI=1S/C8H18N2O/c1-3-8(11)7-9-5-6-10(8)4-2/h9,11H,3-7H2,1-2H3. The summed E-state index contributed by atoms with van der Waals surface area (Å²) < 4.78 is 0. The Kier molecular flexibility index (Phi) is 2.87. The van der Waals surface area contributed by atoms with Crippen molar-refractivity contribution < 1.29 is 5.11 Å². The van der Waals surface area contributed by atoms with Gasteiger partial charge in [0.25, 0.3) is 0 Å². The number of piperazine rings is 1. The molecule has 0 aromatic heterocycles. The summed E-state index contributed by atoms with van der Waals surface area (Å²) in [5.41, 5.74) is -0.590. The van der Waals surface area contributed by atoms with Gasteiger partial charge in [-0.25, -0.2) is 0 Å². The Bertz CT molecular complexity index is 129. The lowest BCUT2D eigenvalue weighted by Gasteiger charge is -2.42. The van der Waals surface area contributed by atoms with Crippen LogP contribution >= 0.6 is 0 Å². The third kappa shape index (κ3) is 1.72. The minimum Gasteiger partial charge on any atom is -0.374 e. The zero-order valence-electron chi connectivity index (χ0n) is 7.43. The summed E-state index contributed by atoms with van der Waals surface area (Å²) in [6, 6.07) is 0. The molecule has 1 rings (SSSR count). The molecular formula is C8H18N2O. The molecule has 1 fully saturated rings. The van der Waals surface area contributed by atoms with Crippen LogP contribution < -0.4 is 5.32 Å². The summed E-state index contributed by atoms with van der Waals surface area (Å²) >= 11 is 0. The average Bonchev–Trinajstić information content (AvgIpc) is 2.05. The monoisotopic (exact) mass is 158 g/mol. The highest BCUT2D eigenvalue weighted by Crippen LogP contribution is 2.17. The van der Waals surface area contributed by atoms with Crippen molar-refractivity contribution in [2.24, 2.45) is 0 Å². The lowest BCUT2D eigenvalue weighted by molar-refractivity contribution is -0.120. The van der Waals surface area contributed by atoms with Gasteiger partial charge in [-0.1, -0.05) is 13.8 Å². The molecule has 1 atom stereocenters. The number of likely N-dealkylation sites (N-methyl/N-ethyl adjacent to an activating group) is 1. The molecule has 1 heterocycles. The van der Waals surface area contributed by atoms with Gasteiger partial charge in [0.15, 0.2) is 0 Å². The second-order valence-electron chi connectivity index (χ2n) is 3.09. The van der Waals surface area contributed by atoms with E-state index in [0.717, 1.165) is 26.1 Å². The number of nitrogens with zero attached hydrogens (tertiary/aromatic N) is 1. The van der Waals surface area contributed by atoms with E-state index in [9.17, 15) is 5.11 Å². The summed E-state index contributed by atoms with van der Waals surface area (Å²) in [7, 11) is 0. The van der Waals surface area contributed by atoms with E-state index in [1.807, 2.05) is 6.92 Å². The average molecular weight is 158 g/mol. The maximum absolute atomic E-state index is 10.0. The first-order chi connectivity index (χ1) is 5.23. The van der Waals surface area contributed by atoms with Crippen LogP contribution in [0.4, 0.5) is 0 Å². The van der Waals surface area contributed by atoms with Crippen LogP contribution in [-0.2, 0) is 0 Å². The van der Waals surface area contributed by atoms with Crippen LogP contribution in [0.2, 0.25) is 0 Å². The normalized spacial score (nSPS) is 34.1. The molecule has 0 radical (unpaired) electrons. The van der Waals surface area contributed by atoms with Crippen LogP contribution in [0.1, 0.15) is 20.3 Å². The summed E-state index contributed by atoms with van der Waals surface area (Å²) in [5, 5.41) is 13.2.